The normalized spacial score (nSPS) is 13.8. The van der Waals surface area contributed by atoms with Crippen LogP contribution in [0.15, 0.2) is 99.5 Å². The summed E-state index contributed by atoms with van der Waals surface area (Å²) in [7, 11) is -35.4. The van der Waals surface area contributed by atoms with Gasteiger partial charge in [-0.05, 0) is 54.6 Å². The largest absolute Gasteiger partial charge is 0.505 e. The summed E-state index contributed by atoms with van der Waals surface area (Å²) < 4.78 is 222. The van der Waals surface area contributed by atoms with Crippen molar-refractivity contribution in [1.29, 1.82) is 0 Å². The Bertz CT molecular complexity index is 3280. The van der Waals surface area contributed by atoms with Crippen LogP contribution in [0, 0.1) is 0 Å². The molecule has 0 fully saturated rings. The summed E-state index contributed by atoms with van der Waals surface area (Å²) in [6.07, 6.45) is 0. The fourth-order valence-corrected chi connectivity index (χ4v) is 9.84. The van der Waals surface area contributed by atoms with Gasteiger partial charge in [-0.15, -0.1) is 20.5 Å². The van der Waals surface area contributed by atoms with E-state index in [0.29, 0.717) is 36.4 Å². The highest BCUT2D eigenvalue weighted by molar-refractivity contribution is 7.92. The number of aromatic hydroxyl groups is 1. The number of azo groups is 2. The Labute approximate surface area is 339 Å². The number of nitrogen functional groups attached to an aromatic ring is 1. The zero-order valence-electron chi connectivity index (χ0n) is 29.0. The first-order valence-electron chi connectivity index (χ1n) is 15.0. The van der Waals surface area contributed by atoms with Crippen molar-refractivity contribution in [3.8, 4) is 5.75 Å². The number of benzene rings is 4. The third-order valence-electron chi connectivity index (χ3n) is 7.34. The monoisotopic (exact) mass is 983 g/mol. The molecule has 0 unspecified atom stereocenters. The highest BCUT2D eigenvalue weighted by atomic mass is 32.3. The van der Waals surface area contributed by atoms with Crippen molar-refractivity contribution in [3.63, 3.8) is 0 Å². The Morgan fingerprint density at radius 1 is 0.483 bits per heavy atom. The average molecular weight is 984 g/mol. The van der Waals surface area contributed by atoms with Crippen LogP contribution in [0.5, 0.6) is 5.75 Å². The zero-order valence-corrected chi connectivity index (χ0v) is 34.7. The maximum atomic E-state index is 12.6. The molecule has 0 amide bonds. The summed E-state index contributed by atoms with van der Waals surface area (Å²) in [4.78, 5) is -5.40. The molecule has 8 N–H and O–H groups in total. The number of nitrogens with two attached hydrogens (primary N) is 1. The van der Waals surface area contributed by atoms with Gasteiger partial charge >= 0.3 is 20.8 Å². The Hall–Kier alpha value is -4.69. The van der Waals surface area contributed by atoms with E-state index in [2.05, 4.69) is 28.8 Å². The lowest BCUT2D eigenvalue weighted by molar-refractivity contribution is 0.282. The van der Waals surface area contributed by atoms with Crippen LogP contribution in [0.4, 0.5) is 28.4 Å². The molecular weight excluding hydrogens is 959 g/mol. The maximum Gasteiger partial charge on any atom is 0.397 e. The fourth-order valence-electron chi connectivity index (χ4n) is 4.72. The fraction of sp³-hybridized carbons (Fsp3) is 0.154. The minimum Gasteiger partial charge on any atom is -0.505 e. The van der Waals surface area contributed by atoms with E-state index >= 15 is 0 Å². The van der Waals surface area contributed by atoms with Crippen molar-refractivity contribution < 1.29 is 95.2 Å². The smallest absolute Gasteiger partial charge is 0.397 e. The molecule has 0 aliphatic carbocycles. The lowest BCUT2D eigenvalue weighted by atomic mass is 10.1. The number of sulfone groups is 2. The number of nitrogens with zero attached hydrogens (tertiary/aromatic N) is 4. The highest BCUT2D eigenvalue weighted by Gasteiger charge is 2.27. The second-order valence-corrected chi connectivity index (χ2v) is 22.0. The Kier molecular flexibility index (Phi) is 13.6. The Morgan fingerprint density at radius 2 is 0.883 bits per heavy atom. The molecule has 0 bridgehead atoms. The number of rotatable bonds is 17. The molecule has 0 aliphatic rings. The van der Waals surface area contributed by atoms with E-state index in [1.54, 1.807) is 0 Å². The van der Waals surface area contributed by atoms with E-state index in [-0.39, 0.29) is 5.69 Å². The van der Waals surface area contributed by atoms with Crippen molar-refractivity contribution in [2.24, 2.45) is 20.5 Å². The van der Waals surface area contributed by atoms with E-state index in [4.69, 9.17) is 14.8 Å². The summed E-state index contributed by atoms with van der Waals surface area (Å²) >= 11 is 0. The first kappa shape index (κ1) is 48.0. The summed E-state index contributed by atoms with van der Waals surface area (Å²) in [5, 5.41) is 24.7. The number of phenols is 1. The number of fused-ring (bicyclic) bond motifs is 1. The molecule has 27 nitrogen and oxygen atoms in total. The summed E-state index contributed by atoms with van der Waals surface area (Å²) in [6, 6.07) is 6.20. The Balaban J connectivity index is 1.84. The third kappa shape index (κ3) is 12.0. The van der Waals surface area contributed by atoms with Gasteiger partial charge in [-0.25, -0.2) is 25.2 Å². The molecule has 0 aliphatic heterocycles. The van der Waals surface area contributed by atoms with Crippen LogP contribution in [0.25, 0.3) is 10.8 Å². The van der Waals surface area contributed by atoms with Gasteiger partial charge in [-0.2, -0.15) is 42.1 Å². The zero-order chi connectivity index (χ0) is 45.4. The standard InChI is InChI=1S/C26H25N5O22S7/c27-18-4-3-16-17(24(18)30-28-19-5-1-14(11-21(19)56(37,38)39)54(33,34)9-7-52-59(46,47)48)13-23(58(43,44)45)25(26(16)32)31-29-20-6-2-15(12-22(20)57(40,41)42)55(35,36)10-8-53-60(49,50)51/h1-6,11-13,32H,7-10,27H2,(H,37,38,39)(H,40,41,42)(H,43,44,45)(H,46,47,48)(H,49,50,51). The topological polar surface area (TPSA) is 454 Å². The molecule has 0 atom stereocenters. The molecule has 0 heterocycles. The van der Waals surface area contributed by atoms with E-state index in [9.17, 15) is 77.7 Å². The number of phenolic OH excluding ortho intramolecular Hbond substituents is 1. The summed E-state index contributed by atoms with van der Waals surface area (Å²) in [5.74, 6) is -3.38. The van der Waals surface area contributed by atoms with Crippen LogP contribution in [0.2, 0.25) is 0 Å². The van der Waals surface area contributed by atoms with Gasteiger partial charge in [0, 0.05) is 10.8 Å². The van der Waals surface area contributed by atoms with Gasteiger partial charge in [0.1, 0.15) is 37.4 Å². The van der Waals surface area contributed by atoms with Crippen molar-refractivity contribution >= 4 is 110 Å². The molecule has 4 aromatic carbocycles. The molecular formula is C26H25N5O22S7. The molecule has 4 aromatic rings. The molecule has 0 radical (unpaired) electrons. The molecule has 0 spiro atoms. The second kappa shape index (κ2) is 17.0. The molecule has 0 saturated carbocycles. The first-order chi connectivity index (χ1) is 27.2. The Morgan fingerprint density at radius 3 is 1.27 bits per heavy atom. The van der Waals surface area contributed by atoms with E-state index in [0.717, 1.165) is 18.2 Å². The molecule has 4 rings (SSSR count). The van der Waals surface area contributed by atoms with Gasteiger partial charge in [0.25, 0.3) is 30.4 Å². The first-order valence-corrected chi connectivity index (χ1v) is 25.4. The number of hydrogen-bond acceptors (Lipinski definition) is 22. The van der Waals surface area contributed by atoms with Crippen LogP contribution in [0.3, 0.4) is 0 Å². The predicted octanol–water partition coefficient (Wildman–Crippen LogP) is 1.88. The minimum atomic E-state index is -5.46. The number of anilines is 1. The van der Waals surface area contributed by atoms with Crippen LogP contribution < -0.4 is 5.73 Å². The third-order valence-corrected chi connectivity index (χ3v) is 14.2. The average Bonchev–Trinajstić information content (AvgIpc) is 3.08. The molecule has 34 heteroatoms. The lowest BCUT2D eigenvalue weighted by Gasteiger charge is -2.12. The summed E-state index contributed by atoms with van der Waals surface area (Å²) in [6.45, 7) is -2.22. The number of hydrogen-bond donors (Lipinski definition) is 7. The molecule has 0 aromatic heterocycles. The van der Waals surface area contributed by atoms with Gasteiger partial charge in [0.15, 0.2) is 25.4 Å². The van der Waals surface area contributed by atoms with Crippen molar-refractivity contribution in [3.05, 3.63) is 54.6 Å². The minimum absolute atomic E-state index is 0.346. The van der Waals surface area contributed by atoms with Crippen molar-refractivity contribution in [1.82, 2.24) is 0 Å². The second-order valence-electron chi connectivity index (χ2n) is 11.4. The van der Waals surface area contributed by atoms with Gasteiger partial charge in [-0.1, -0.05) is 0 Å². The van der Waals surface area contributed by atoms with Crippen LogP contribution >= 0.6 is 0 Å². The lowest BCUT2D eigenvalue weighted by Crippen LogP contribution is -2.16. The highest BCUT2D eigenvalue weighted by Crippen LogP contribution is 2.46. The van der Waals surface area contributed by atoms with Crippen molar-refractivity contribution in [2.75, 3.05) is 30.5 Å². The molecule has 0 saturated heterocycles. The quantitative estimate of drug-likeness (QED) is 0.0451. The van der Waals surface area contributed by atoms with Crippen molar-refractivity contribution in [2.45, 2.75) is 24.5 Å². The molecule has 328 valence electrons. The van der Waals surface area contributed by atoms with Gasteiger partial charge < -0.3 is 10.8 Å². The van der Waals surface area contributed by atoms with Gasteiger partial charge in [-0.3, -0.25) is 22.8 Å². The SMILES string of the molecule is Nc1ccc2c(O)c(N=Nc3ccc(S(=O)(=O)CCOS(=O)(=O)O)cc3S(=O)(=O)O)c(S(=O)(=O)O)cc2c1N=Nc1ccc(S(=O)(=O)CCOS(=O)(=O)O)cc1S(=O)(=O)O. The van der Waals surface area contributed by atoms with Gasteiger partial charge in [0.05, 0.1) is 40.2 Å². The van der Waals surface area contributed by atoms with E-state index in [1.807, 2.05) is 0 Å². The predicted molar refractivity (Wildman–Crippen MR) is 200 cm³/mol. The summed E-state index contributed by atoms with van der Waals surface area (Å²) in [5.41, 5.74) is 2.28. The molecule has 60 heavy (non-hydrogen) atoms. The van der Waals surface area contributed by atoms with Crippen LogP contribution in [-0.2, 0) is 79.2 Å². The van der Waals surface area contributed by atoms with E-state index in [1.165, 1.54) is 0 Å². The maximum absolute atomic E-state index is 12.6. The van der Waals surface area contributed by atoms with Gasteiger partial charge in [0.2, 0.25) is 0 Å². The van der Waals surface area contributed by atoms with E-state index < -0.39 is 159 Å². The van der Waals surface area contributed by atoms with Crippen LogP contribution in [-0.4, -0.2) is 112 Å². The van der Waals surface area contributed by atoms with Crippen LogP contribution in [0.1, 0.15) is 0 Å².